The van der Waals surface area contributed by atoms with Gasteiger partial charge < -0.3 is 4.74 Å². The first-order chi connectivity index (χ1) is 12.2. The molecule has 0 saturated heterocycles. The predicted octanol–water partition coefficient (Wildman–Crippen LogP) is 4.49. The topological polar surface area (TPSA) is 65.4 Å². The molecule has 2 rings (SSSR count). The number of hydrogen-bond donors (Lipinski definition) is 0. The lowest BCUT2D eigenvalue weighted by Gasteiger charge is -2.11. The molecule has 26 heavy (non-hydrogen) atoms. The van der Waals surface area contributed by atoms with Crippen molar-refractivity contribution < 1.29 is 19.1 Å². The molecule has 1 aromatic carbocycles. The summed E-state index contributed by atoms with van der Waals surface area (Å²) in [6.45, 7) is 4.78. The Morgan fingerprint density at radius 3 is 2.15 bits per heavy atom. The van der Waals surface area contributed by atoms with Crippen molar-refractivity contribution in [1.29, 1.82) is 0 Å². The van der Waals surface area contributed by atoms with Crippen LogP contribution in [0.2, 0.25) is 10.0 Å². The highest BCUT2D eigenvalue weighted by molar-refractivity contribution is 6.39. The van der Waals surface area contributed by atoms with Gasteiger partial charge in [0.05, 0.1) is 28.4 Å². The lowest BCUT2D eigenvalue weighted by molar-refractivity contribution is -0.134. The lowest BCUT2D eigenvalue weighted by atomic mass is 10.1. The van der Waals surface area contributed by atoms with Crippen LogP contribution >= 0.6 is 23.2 Å². The molecule has 5 nitrogen and oxygen atoms in total. The van der Waals surface area contributed by atoms with Crippen LogP contribution in [-0.4, -0.2) is 29.3 Å². The van der Waals surface area contributed by atoms with Gasteiger partial charge in [0.1, 0.15) is 0 Å². The van der Waals surface area contributed by atoms with E-state index in [1.807, 2.05) is 0 Å². The molecule has 0 amide bonds. The van der Waals surface area contributed by atoms with Crippen LogP contribution in [0.25, 0.3) is 6.08 Å². The molecule has 0 aliphatic heterocycles. The molecule has 1 heterocycles. The third-order valence-electron chi connectivity index (χ3n) is 4.01. The van der Waals surface area contributed by atoms with Gasteiger partial charge in [-0.1, -0.05) is 29.3 Å². The summed E-state index contributed by atoms with van der Waals surface area (Å²) in [4.78, 5) is 36.7. The van der Waals surface area contributed by atoms with E-state index in [0.29, 0.717) is 22.5 Å². The molecule has 2 aromatic rings. The first-order valence-electron chi connectivity index (χ1n) is 7.68. The fourth-order valence-electron chi connectivity index (χ4n) is 2.87. The molecule has 0 atom stereocenters. The maximum Gasteiger partial charge on any atom is 0.330 e. The summed E-state index contributed by atoms with van der Waals surface area (Å²) in [7, 11) is 1.25. The molecule has 0 N–H and O–H groups in total. The number of rotatable bonds is 4. The molecular weight excluding hydrogens is 377 g/mol. The number of Topliss-reactive ketones (excluding diaryl/α,β-unsaturated/α-hetero) is 1. The number of hydrogen-bond acceptors (Lipinski definition) is 4. The van der Waals surface area contributed by atoms with Crippen LogP contribution < -0.4 is 0 Å². The fourth-order valence-corrected chi connectivity index (χ4v) is 3.43. The Hall–Kier alpha value is -2.37. The Kier molecular flexibility index (Phi) is 6.05. The SMILES string of the molecule is COC(=O)/C=C/c1c(C)c(C(C)=O)c(C)n1C(=O)c1c(Cl)cccc1Cl. The summed E-state index contributed by atoms with van der Waals surface area (Å²) in [5.74, 6) is -1.26. The highest BCUT2D eigenvalue weighted by Crippen LogP contribution is 2.30. The van der Waals surface area contributed by atoms with Crippen LogP contribution in [0.1, 0.15) is 44.6 Å². The Bertz CT molecular complexity index is 921. The van der Waals surface area contributed by atoms with Crippen LogP contribution in [-0.2, 0) is 9.53 Å². The van der Waals surface area contributed by atoms with Crippen molar-refractivity contribution in [3.63, 3.8) is 0 Å². The van der Waals surface area contributed by atoms with E-state index in [1.165, 1.54) is 30.8 Å². The first-order valence-corrected chi connectivity index (χ1v) is 8.43. The predicted molar refractivity (Wildman–Crippen MR) is 101 cm³/mol. The van der Waals surface area contributed by atoms with Gasteiger partial charge in [-0.05, 0) is 44.5 Å². The smallest absolute Gasteiger partial charge is 0.330 e. The van der Waals surface area contributed by atoms with Crippen molar-refractivity contribution >= 4 is 46.9 Å². The van der Waals surface area contributed by atoms with E-state index in [4.69, 9.17) is 23.2 Å². The van der Waals surface area contributed by atoms with E-state index >= 15 is 0 Å². The molecule has 136 valence electrons. The molecule has 0 spiro atoms. The van der Waals surface area contributed by atoms with Gasteiger partial charge in [0.15, 0.2) is 5.78 Å². The van der Waals surface area contributed by atoms with Crippen LogP contribution in [0, 0.1) is 13.8 Å². The summed E-state index contributed by atoms with van der Waals surface area (Å²) in [5.41, 5.74) is 1.94. The summed E-state index contributed by atoms with van der Waals surface area (Å²) in [6, 6.07) is 4.75. The third-order valence-corrected chi connectivity index (χ3v) is 4.64. The van der Waals surface area contributed by atoms with Gasteiger partial charge in [-0.2, -0.15) is 0 Å². The van der Waals surface area contributed by atoms with Crippen molar-refractivity contribution in [2.75, 3.05) is 7.11 Å². The number of ether oxygens (including phenoxy) is 1. The zero-order chi connectivity index (χ0) is 19.6. The average Bonchev–Trinajstić information content (AvgIpc) is 2.82. The highest BCUT2D eigenvalue weighted by Gasteiger charge is 2.26. The molecule has 0 unspecified atom stereocenters. The van der Waals surface area contributed by atoms with E-state index < -0.39 is 11.9 Å². The molecule has 0 aliphatic carbocycles. The molecule has 1 aromatic heterocycles. The molecule has 7 heteroatoms. The summed E-state index contributed by atoms with van der Waals surface area (Å²) in [5, 5.41) is 0.390. The van der Waals surface area contributed by atoms with Gasteiger partial charge in [0, 0.05) is 17.3 Å². The zero-order valence-electron chi connectivity index (χ0n) is 14.7. The second-order valence-electron chi connectivity index (χ2n) is 5.62. The maximum atomic E-state index is 13.2. The van der Waals surface area contributed by atoms with Crippen molar-refractivity contribution in [3.05, 3.63) is 62.4 Å². The number of nitrogens with zero attached hydrogens (tertiary/aromatic N) is 1. The monoisotopic (exact) mass is 393 g/mol. The van der Waals surface area contributed by atoms with Crippen LogP contribution in [0.4, 0.5) is 0 Å². The minimum atomic E-state index is -0.581. The van der Waals surface area contributed by atoms with Crippen LogP contribution in [0.15, 0.2) is 24.3 Å². The van der Waals surface area contributed by atoms with Gasteiger partial charge in [0.25, 0.3) is 5.91 Å². The van der Waals surface area contributed by atoms with Crippen molar-refractivity contribution in [2.24, 2.45) is 0 Å². The standard InChI is InChI=1S/C19H17Cl2NO4/c1-10-15(8-9-16(24)26-4)22(11(2)17(10)12(3)23)19(25)18-13(20)6-5-7-14(18)21/h5-9H,1-4H3/b9-8+. The fraction of sp³-hybridized carbons (Fsp3) is 0.211. The number of carbonyl (C=O) groups is 3. The number of halogens is 2. The zero-order valence-corrected chi connectivity index (χ0v) is 16.2. The van der Waals surface area contributed by atoms with E-state index in [2.05, 4.69) is 4.74 Å². The van der Waals surface area contributed by atoms with Crippen molar-refractivity contribution in [1.82, 2.24) is 4.57 Å². The minimum absolute atomic E-state index is 0.122. The van der Waals surface area contributed by atoms with Crippen LogP contribution in [0.3, 0.4) is 0 Å². The Morgan fingerprint density at radius 2 is 1.65 bits per heavy atom. The van der Waals surface area contributed by atoms with E-state index in [9.17, 15) is 14.4 Å². The number of aromatic nitrogens is 1. The van der Waals surface area contributed by atoms with Crippen molar-refractivity contribution in [3.8, 4) is 0 Å². The summed E-state index contributed by atoms with van der Waals surface area (Å²) < 4.78 is 5.92. The quantitative estimate of drug-likeness (QED) is 0.436. The van der Waals surface area contributed by atoms with E-state index in [1.54, 1.807) is 32.0 Å². The third kappa shape index (κ3) is 3.59. The van der Waals surface area contributed by atoms with E-state index in [-0.39, 0.29) is 21.4 Å². The average molecular weight is 394 g/mol. The summed E-state index contributed by atoms with van der Waals surface area (Å²) in [6.07, 6.45) is 2.62. The number of esters is 1. The maximum absolute atomic E-state index is 13.2. The van der Waals surface area contributed by atoms with E-state index in [0.717, 1.165) is 0 Å². The largest absolute Gasteiger partial charge is 0.466 e. The lowest BCUT2D eigenvalue weighted by Crippen LogP contribution is -2.17. The molecular formula is C19H17Cl2NO4. The highest BCUT2D eigenvalue weighted by atomic mass is 35.5. The first kappa shape index (κ1) is 19.9. The number of methoxy groups -OCH3 is 1. The second-order valence-corrected chi connectivity index (χ2v) is 6.43. The number of benzene rings is 1. The Labute approximate surface area is 161 Å². The molecule has 0 saturated carbocycles. The van der Waals surface area contributed by atoms with Gasteiger partial charge in [-0.3, -0.25) is 14.2 Å². The molecule has 0 aliphatic rings. The molecule has 0 fully saturated rings. The normalized spacial score (nSPS) is 11.0. The Balaban J connectivity index is 2.76. The molecule has 0 radical (unpaired) electrons. The van der Waals surface area contributed by atoms with Crippen molar-refractivity contribution in [2.45, 2.75) is 20.8 Å². The number of ketones is 1. The van der Waals surface area contributed by atoms with Gasteiger partial charge >= 0.3 is 5.97 Å². The minimum Gasteiger partial charge on any atom is -0.466 e. The number of carbonyl (C=O) groups excluding carboxylic acids is 3. The van der Waals surface area contributed by atoms with Gasteiger partial charge in [0.2, 0.25) is 0 Å². The second kappa shape index (κ2) is 7.89. The van der Waals surface area contributed by atoms with Crippen LogP contribution in [0.5, 0.6) is 0 Å². The van der Waals surface area contributed by atoms with Gasteiger partial charge in [-0.15, -0.1) is 0 Å². The molecule has 0 bridgehead atoms. The van der Waals surface area contributed by atoms with Gasteiger partial charge in [-0.25, -0.2) is 4.79 Å². The summed E-state index contributed by atoms with van der Waals surface area (Å²) >= 11 is 12.3. The Morgan fingerprint density at radius 1 is 1.08 bits per heavy atom.